The summed E-state index contributed by atoms with van der Waals surface area (Å²) in [6.07, 6.45) is -2.44. The number of nitrogens with one attached hydrogen (secondary N) is 1. The van der Waals surface area contributed by atoms with Crippen LogP contribution in [-0.4, -0.2) is 16.5 Å². The lowest BCUT2D eigenvalue weighted by Gasteiger charge is -2.11. The molecule has 0 fully saturated rings. The van der Waals surface area contributed by atoms with E-state index in [1.54, 1.807) is 0 Å². The third-order valence-electron chi connectivity index (χ3n) is 3.61. The number of hydrogen-bond acceptors (Lipinski definition) is 3. The molecule has 1 N–H and O–H groups in total. The monoisotopic (exact) mass is 351 g/mol. The van der Waals surface area contributed by atoms with E-state index in [4.69, 9.17) is 11.6 Å². The third-order valence-corrected chi connectivity index (χ3v) is 3.96. The van der Waals surface area contributed by atoms with Crippen molar-refractivity contribution in [3.05, 3.63) is 64.9 Å². The molecule has 1 heterocycles. The molecule has 124 valence electrons. The fourth-order valence-corrected chi connectivity index (χ4v) is 2.66. The standard InChI is InChI=1S/C17H13ClF3N3/c18-14-9-12(17(19,20)21)6-5-11(14)7-8-22-16-13-3-1-2-4-15(13)23-10-24-16/h1-6,9-10H,7-8H2,(H,22,23,24). The van der Waals surface area contributed by atoms with Crippen LogP contribution in [0.1, 0.15) is 11.1 Å². The van der Waals surface area contributed by atoms with E-state index in [1.165, 1.54) is 12.4 Å². The largest absolute Gasteiger partial charge is 0.416 e. The fourth-order valence-electron chi connectivity index (χ4n) is 2.39. The van der Waals surface area contributed by atoms with Crippen LogP contribution in [0, 0.1) is 0 Å². The molecule has 0 atom stereocenters. The predicted octanol–water partition coefficient (Wildman–Crippen LogP) is 4.96. The molecule has 3 rings (SSSR count). The molecule has 0 aliphatic carbocycles. The van der Waals surface area contributed by atoms with E-state index in [9.17, 15) is 13.2 Å². The van der Waals surface area contributed by atoms with Crippen LogP contribution in [0.2, 0.25) is 5.02 Å². The van der Waals surface area contributed by atoms with Gasteiger partial charge in [0.05, 0.1) is 11.1 Å². The molecule has 3 nitrogen and oxygen atoms in total. The van der Waals surface area contributed by atoms with Crippen molar-refractivity contribution >= 4 is 28.3 Å². The highest BCUT2D eigenvalue weighted by atomic mass is 35.5. The summed E-state index contributed by atoms with van der Waals surface area (Å²) in [5.74, 6) is 0.684. The van der Waals surface area contributed by atoms with Gasteiger partial charge in [0.15, 0.2) is 0 Å². The number of anilines is 1. The Labute approximate surface area is 141 Å². The zero-order valence-electron chi connectivity index (χ0n) is 12.4. The highest BCUT2D eigenvalue weighted by molar-refractivity contribution is 6.31. The number of rotatable bonds is 4. The molecule has 3 aromatic rings. The van der Waals surface area contributed by atoms with Gasteiger partial charge in [0.1, 0.15) is 12.1 Å². The first-order valence-corrected chi connectivity index (χ1v) is 7.62. The van der Waals surface area contributed by atoms with Gasteiger partial charge in [-0.15, -0.1) is 0 Å². The SMILES string of the molecule is FC(F)(F)c1ccc(CCNc2ncnc3ccccc23)c(Cl)c1. The topological polar surface area (TPSA) is 37.8 Å². The van der Waals surface area contributed by atoms with Crippen molar-refractivity contribution in [3.63, 3.8) is 0 Å². The minimum absolute atomic E-state index is 0.110. The van der Waals surface area contributed by atoms with Gasteiger partial charge in [-0.05, 0) is 36.2 Å². The summed E-state index contributed by atoms with van der Waals surface area (Å²) in [4.78, 5) is 8.38. The Morgan fingerprint density at radius 2 is 1.83 bits per heavy atom. The summed E-state index contributed by atoms with van der Waals surface area (Å²) in [7, 11) is 0. The third kappa shape index (κ3) is 3.59. The Morgan fingerprint density at radius 1 is 1.04 bits per heavy atom. The van der Waals surface area contributed by atoms with Crippen LogP contribution in [0.4, 0.5) is 19.0 Å². The van der Waals surface area contributed by atoms with E-state index < -0.39 is 11.7 Å². The lowest BCUT2D eigenvalue weighted by atomic mass is 10.1. The summed E-state index contributed by atoms with van der Waals surface area (Å²) >= 11 is 5.96. The Bertz CT molecular complexity index is 860. The van der Waals surface area contributed by atoms with Crippen molar-refractivity contribution in [1.29, 1.82) is 0 Å². The van der Waals surface area contributed by atoms with E-state index in [2.05, 4.69) is 15.3 Å². The lowest BCUT2D eigenvalue weighted by Crippen LogP contribution is -2.09. The number of benzene rings is 2. The molecule has 0 saturated carbocycles. The maximum atomic E-state index is 12.6. The Kier molecular flexibility index (Phi) is 4.57. The number of nitrogens with zero attached hydrogens (tertiary/aromatic N) is 2. The van der Waals surface area contributed by atoms with Gasteiger partial charge >= 0.3 is 6.18 Å². The number of para-hydroxylation sites is 1. The van der Waals surface area contributed by atoms with Crippen LogP contribution in [0.5, 0.6) is 0 Å². The minimum atomic E-state index is -4.39. The van der Waals surface area contributed by atoms with Crippen molar-refractivity contribution in [2.24, 2.45) is 0 Å². The van der Waals surface area contributed by atoms with Gasteiger partial charge in [-0.3, -0.25) is 0 Å². The maximum absolute atomic E-state index is 12.6. The molecule has 0 unspecified atom stereocenters. The molecular weight excluding hydrogens is 339 g/mol. The molecule has 0 aliphatic rings. The van der Waals surface area contributed by atoms with Crippen LogP contribution in [0.3, 0.4) is 0 Å². The molecular formula is C17H13ClF3N3. The number of halogens is 4. The molecule has 0 radical (unpaired) electrons. The average Bonchev–Trinajstić information content (AvgIpc) is 2.55. The first kappa shape index (κ1) is 16.5. The smallest absolute Gasteiger partial charge is 0.369 e. The molecule has 2 aromatic carbocycles. The van der Waals surface area contributed by atoms with E-state index in [0.717, 1.165) is 23.0 Å². The number of hydrogen-bond donors (Lipinski definition) is 1. The summed E-state index contributed by atoms with van der Waals surface area (Å²) < 4.78 is 37.9. The molecule has 0 bridgehead atoms. The second kappa shape index (κ2) is 6.65. The maximum Gasteiger partial charge on any atom is 0.416 e. The van der Waals surface area contributed by atoms with E-state index in [0.29, 0.717) is 24.3 Å². The van der Waals surface area contributed by atoms with Crippen molar-refractivity contribution in [3.8, 4) is 0 Å². The van der Waals surface area contributed by atoms with Gasteiger partial charge in [-0.1, -0.05) is 29.8 Å². The van der Waals surface area contributed by atoms with Crippen LogP contribution in [-0.2, 0) is 12.6 Å². The van der Waals surface area contributed by atoms with Gasteiger partial charge < -0.3 is 5.32 Å². The molecule has 0 saturated heterocycles. The second-order valence-corrected chi connectivity index (χ2v) is 5.63. The van der Waals surface area contributed by atoms with Gasteiger partial charge in [0, 0.05) is 17.0 Å². The van der Waals surface area contributed by atoms with Crippen molar-refractivity contribution in [2.45, 2.75) is 12.6 Å². The van der Waals surface area contributed by atoms with Crippen molar-refractivity contribution < 1.29 is 13.2 Å². The highest BCUT2D eigenvalue weighted by Gasteiger charge is 2.30. The van der Waals surface area contributed by atoms with Crippen LogP contribution in [0.15, 0.2) is 48.8 Å². The average molecular weight is 352 g/mol. The van der Waals surface area contributed by atoms with Gasteiger partial charge in [-0.2, -0.15) is 13.2 Å². The van der Waals surface area contributed by atoms with Gasteiger partial charge in [0.25, 0.3) is 0 Å². The molecule has 24 heavy (non-hydrogen) atoms. The molecule has 1 aromatic heterocycles. The molecule has 7 heteroatoms. The summed E-state index contributed by atoms with van der Waals surface area (Å²) in [6, 6.07) is 11.0. The van der Waals surface area contributed by atoms with E-state index in [-0.39, 0.29) is 5.02 Å². The first-order valence-electron chi connectivity index (χ1n) is 7.24. The number of fused-ring (bicyclic) bond motifs is 1. The highest BCUT2D eigenvalue weighted by Crippen LogP contribution is 2.32. The second-order valence-electron chi connectivity index (χ2n) is 5.22. The van der Waals surface area contributed by atoms with Crippen LogP contribution in [0.25, 0.3) is 10.9 Å². The Morgan fingerprint density at radius 3 is 2.58 bits per heavy atom. The zero-order valence-corrected chi connectivity index (χ0v) is 13.2. The number of aromatic nitrogens is 2. The zero-order chi connectivity index (χ0) is 17.2. The normalized spacial score (nSPS) is 11.7. The Balaban J connectivity index is 1.70. The summed E-state index contributed by atoms with van der Waals surface area (Å²) in [6.45, 7) is 0.492. The Hall–Kier alpha value is -2.34. The van der Waals surface area contributed by atoms with Crippen molar-refractivity contribution in [1.82, 2.24) is 9.97 Å². The van der Waals surface area contributed by atoms with Crippen molar-refractivity contribution in [2.75, 3.05) is 11.9 Å². The summed E-state index contributed by atoms with van der Waals surface area (Å²) in [5, 5.41) is 4.17. The van der Waals surface area contributed by atoms with Gasteiger partial charge in [0.2, 0.25) is 0 Å². The quantitative estimate of drug-likeness (QED) is 0.722. The molecule has 0 spiro atoms. The minimum Gasteiger partial charge on any atom is -0.369 e. The van der Waals surface area contributed by atoms with Crippen LogP contribution >= 0.6 is 11.6 Å². The van der Waals surface area contributed by atoms with E-state index >= 15 is 0 Å². The summed E-state index contributed by atoms with van der Waals surface area (Å²) in [5.41, 5.74) is 0.726. The first-order chi connectivity index (χ1) is 11.4. The van der Waals surface area contributed by atoms with E-state index in [1.807, 2.05) is 24.3 Å². The molecule has 0 aliphatic heterocycles. The van der Waals surface area contributed by atoms with Gasteiger partial charge in [-0.25, -0.2) is 9.97 Å². The number of alkyl halides is 3. The van der Waals surface area contributed by atoms with Crippen LogP contribution < -0.4 is 5.32 Å². The predicted molar refractivity (Wildman–Crippen MR) is 88.2 cm³/mol. The molecule has 0 amide bonds. The fraction of sp³-hybridized carbons (Fsp3) is 0.176. The lowest BCUT2D eigenvalue weighted by molar-refractivity contribution is -0.137.